The Hall–Kier alpha value is -2.48. The Kier molecular flexibility index (Phi) is 4.38. The fourth-order valence-corrected chi connectivity index (χ4v) is 4.40. The number of hydrogen-bond acceptors (Lipinski definition) is 6. The zero-order chi connectivity index (χ0) is 19.2. The smallest absolute Gasteiger partial charge is 0.257 e. The van der Waals surface area contributed by atoms with E-state index in [-0.39, 0.29) is 11.3 Å². The van der Waals surface area contributed by atoms with Gasteiger partial charge in [-0.25, -0.2) is 4.98 Å². The van der Waals surface area contributed by atoms with E-state index in [9.17, 15) is 4.79 Å². The number of aromatic nitrogens is 4. The zero-order valence-electron chi connectivity index (χ0n) is 16.3. The molecule has 2 fully saturated rings. The first-order valence-electron chi connectivity index (χ1n) is 9.25. The molecule has 8 nitrogen and oxygen atoms in total. The van der Waals surface area contributed by atoms with Gasteiger partial charge < -0.3 is 9.64 Å². The third-order valence-corrected chi connectivity index (χ3v) is 6.05. The predicted molar refractivity (Wildman–Crippen MR) is 99.3 cm³/mol. The van der Waals surface area contributed by atoms with Crippen LogP contribution in [0.3, 0.4) is 0 Å². The molecule has 0 saturated carbocycles. The average Bonchev–Trinajstić information content (AvgIpc) is 3.24. The van der Waals surface area contributed by atoms with Crippen LogP contribution < -0.4 is 4.74 Å². The molecule has 4 heterocycles. The molecule has 0 spiro atoms. The number of hydrogen-bond donors (Lipinski definition) is 0. The standard InChI is InChI=1S/C19H26N6O2/c1-13-16(6-21-23(13)3)18(26)25-9-14-8-24(11-19(14,2)12-25)10-15-5-20-7-17(22-15)27-4/h5-7,14H,8-12H2,1-4H3/t14-,19+/m1/s1. The van der Waals surface area contributed by atoms with E-state index in [1.54, 1.807) is 30.4 Å². The number of nitrogens with zero attached hydrogens (tertiary/aromatic N) is 6. The van der Waals surface area contributed by atoms with Crippen LogP contribution in [0, 0.1) is 18.3 Å². The molecule has 0 bridgehead atoms. The molecule has 0 N–H and O–H groups in total. The number of aryl methyl sites for hydroxylation is 1. The van der Waals surface area contributed by atoms with E-state index >= 15 is 0 Å². The van der Waals surface area contributed by atoms with Gasteiger partial charge in [-0.15, -0.1) is 0 Å². The summed E-state index contributed by atoms with van der Waals surface area (Å²) in [6.45, 7) is 8.48. The van der Waals surface area contributed by atoms with Crippen LogP contribution in [0.1, 0.15) is 28.7 Å². The van der Waals surface area contributed by atoms with E-state index in [1.165, 1.54) is 0 Å². The maximum atomic E-state index is 12.9. The van der Waals surface area contributed by atoms with Gasteiger partial charge >= 0.3 is 0 Å². The van der Waals surface area contributed by atoms with Gasteiger partial charge in [-0.05, 0) is 12.8 Å². The summed E-state index contributed by atoms with van der Waals surface area (Å²) < 4.78 is 6.92. The molecule has 2 atom stereocenters. The van der Waals surface area contributed by atoms with Crippen LogP contribution in [-0.2, 0) is 13.6 Å². The van der Waals surface area contributed by atoms with E-state index in [0.29, 0.717) is 17.4 Å². The minimum Gasteiger partial charge on any atom is -0.480 e. The fourth-order valence-electron chi connectivity index (χ4n) is 4.40. The Morgan fingerprint density at radius 2 is 2.11 bits per heavy atom. The van der Waals surface area contributed by atoms with Crippen molar-refractivity contribution in [1.29, 1.82) is 0 Å². The van der Waals surface area contributed by atoms with Crippen molar-refractivity contribution < 1.29 is 9.53 Å². The predicted octanol–water partition coefficient (Wildman–Crippen LogP) is 1.12. The second-order valence-corrected chi connectivity index (χ2v) is 8.03. The Morgan fingerprint density at radius 3 is 2.78 bits per heavy atom. The highest BCUT2D eigenvalue weighted by molar-refractivity contribution is 5.95. The molecule has 0 aliphatic carbocycles. The first-order chi connectivity index (χ1) is 12.9. The number of fused-ring (bicyclic) bond motifs is 1. The summed E-state index contributed by atoms with van der Waals surface area (Å²) in [4.78, 5) is 26.0. The summed E-state index contributed by atoms with van der Waals surface area (Å²) in [6, 6.07) is 0. The lowest BCUT2D eigenvalue weighted by Gasteiger charge is -2.25. The highest BCUT2D eigenvalue weighted by atomic mass is 16.5. The maximum Gasteiger partial charge on any atom is 0.257 e. The molecule has 2 aliphatic heterocycles. The monoisotopic (exact) mass is 370 g/mol. The molecule has 2 aromatic heterocycles. The molecule has 0 unspecified atom stereocenters. The van der Waals surface area contributed by atoms with Crippen molar-refractivity contribution in [1.82, 2.24) is 29.5 Å². The van der Waals surface area contributed by atoms with Gasteiger partial charge in [0.15, 0.2) is 0 Å². The minimum absolute atomic E-state index is 0.0986. The number of amides is 1. The summed E-state index contributed by atoms with van der Waals surface area (Å²) in [7, 11) is 3.47. The van der Waals surface area contributed by atoms with E-state index in [0.717, 1.165) is 44.1 Å². The van der Waals surface area contributed by atoms with Crippen LogP contribution in [0.15, 0.2) is 18.6 Å². The SMILES string of the molecule is COc1cncc(CN2C[C@@H]3CN(C(=O)c4cnn(C)c4C)C[C@]3(C)C2)n1. The molecule has 27 heavy (non-hydrogen) atoms. The Morgan fingerprint density at radius 1 is 1.30 bits per heavy atom. The second-order valence-electron chi connectivity index (χ2n) is 8.03. The maximum absolute atomic E-state index is 12.9. The van der Waals surface area contributed by atoms with Gasteiger partial charge in [-0.3, -0.25) is 19.4 Å². The van der Waals surface area contributed by atoms with Crippen LogP contribution in [0.25, 0.3) is 0 Å². The van der Waals surface area contributed by atoms with Crippen molar-refractivity contribution in [2.24, 2.45) is 18.4 Å². The number of carbonyl (C=O) groups is 1. The van der Waals surface area contributed by atoms with Gasteiger partial charge in [-0.2, -0.15) is 5.10 Å². The van der Waals surface area contributed by atoms with Gasteiger partial charge in [0.25, 0.3) is 5.91 Å². The lowest BCUT2D eigenvalue weighted by atomic mass is 9.83. The molecule has 0 aromatic carbocycles. The van der Waals surface area contributed by atoms with Crippen LogP contribution in [0.5, 0.6) is 5.88 Å². The van der Waals surface area contributed by atoms with Crippen molar-refractivity contribution >= 4 is 5.91 Å². The molecule has 8 heteroatoms. The van der Waals surface area contributed by atoms with Crippen molar-refractivity contribution in [3.63, 3.8) is 0 Å². The topological polar surface area (TPSA) is 76.4 Å². The molecule has 2 saturated heterocycles. The third-order valence-electron chi connectivity index (χ3n) is 6.05. The largest absolute Gasteiger partial charge is 0.480 e. The third kappa shape index (κ3) is 3.18. The lowest BCUT2D eigenvalue weighted by molar-refractivity contribution is 0.0760. The number of carbonyl (C=O) groups excluding carboxylic acids is 1. The summed E-state index contributed by atoms with van der Waals surface area (Å²) in [5, 5.41) is 4.21. The van der Waals surface area contributed by atoms with E-state index < -0.39 is 0 Å². The van der Waals surface area contributed by atoms with Crippen LogP contribution >= 0.6 is 0 Å². The number of methoxy groups -OCH3 is 1. The van der Waals surface area contributed by atoms with Gasteiger partial charge in [0, 0.05) is 57.1 Å². The molecule has 2 aromatic rings. The Balaban J connectivity index is 1.42. The summed E-state index contributed by atoms with van der Waals surface area (Å²) in [5.74, 6) is 1.11. The first-order valence-corrected chi connectivity index (χ1v) is 9.25. The van der Waals surface area contributed by atoms with Crippen LogP contribution in [-0.4, -0.2) is 68.7 Å². The molecule has 2 aliphatic rings. The van der Waals surface area contributed by atoms with Gasteiger partial charge in [0.2, 0.25) is 5.88 Å². The quantitative estimate of drug-likeness (QED) is 0.803. The normalized spacial score (nSPS) is 25.0. The molecular formula is C19H26N6O2. The highest BCUT2D eigenvalue weighted by Crippen LogP contribution is 2.42. The highest BCUT2D eigenvalue weighted by Gasteiger charge is 2.50. The zero-order valence-corrected chi connectivity index (χ0v) is 16.3. The summed E-state index contributed by atoms with van der Waals surface area (Å²) >= 11 is 0. The summed E-state index contributed by atoms with van der Waals surface area (Å²) in [5.41, 5.74) is 2.65. The number of ether oxygens (including phenoxy) is 1. The molecule has 144 valence electrons. The average molecular weight is 370 g/mol. The van der Waals surface area contributed by atoms with Gasteiger partial charge in [0.1, 0.15) is 0 Å². The van der Waals surface area contributed by atoms with E-state index in [2.05, 4.69) is 26.9 Å². The summed E-state index contributed by atoms with van der Waals surface area (Å²) in [6.07, 6.45) is 5.09. The molecule has 0 radical (unpaired) electrons. The van der Waals surface area contributed by atoms with Gasteiger partial charge in [-0.1, -0.05) is 6.92 Å². The molecule has 1 amide bonds. The van der Waals surface area contributed by atoms with E-state index in [1.807, 2.05) is 18.9 Å². The van der Waals surface area contributed by atoms with Crippen molar-refractivity contribution in [2.75, 3.05) is 33.3 Å². The molecule has 4 rings (SSSR count). The van der Waals surface area contributed by atoms with Crippen molar-refractivity contribution in [3.05, 3.63) is 35.5 Å². The Labute approximate surface area is 159 Å². The minimum atomic E-state index is 0.0986. The van der Waals surface area contributed by atoms with E-state index in [4.69, 9.17) is 4.74 Å². The first kappa shape index (κ1) is 17.9. The fraction of sp³-hybridized carbons (Fsp3) is 0.579. The lowest BCUT2D eigenvalue weighted by Crippen LogP contribution is -2.35. The van der Waals surface area contributed by atoms with Crippen LogP contribution in [0.2, 0.25) is 0 Å². The number of rotatable bonds is 4. The van der Waals surface area contributed by atoms with Crippen molar-refractivity contribution in [3.8, 4) is 5.88 Å². The van der Waals surface area contributed by atoms with Crippen LogP contribution in [0.4, 0.5) is 0 Å². The Bertz CT molecular complexity index is 866. The number of likely N-dealkylation sites (tertiary alicyclic amines) is 2. The van der Waals surface area contributed by atoms with Crippen molar-refractivity contribution in [2.45, 2.75) is 20.4 Å². The molecular weight excluding hydrogens is 344 g/mol. The second kappa shape index (κ2) is 6.60. The van der Waals surface area contributed by atoms with Gasteiger partial charge in [0.05, 0.1) is 30.8 Å².